The summed E-state index contributed by atoms with van der Waals surface area (Å²) in [5.74, 6) is -0.101. The van der Waals surface area contributed by atoms with E-state index in [9.17, 15) is 30.9 Å². The Morgan fingerprint density at radius 3 is 2.41 bits per heavy atom. The molecule has 1 unspecified atom stereocenters. The highest BCUT2D eigenvalue weighted by Crippen LogP contribution is 2.38. The van der Waals surface area contributed by atoms with Crippen molar-refractivity contribution in [2.75, 3.05) is 24.7 Å². The van der Waals surface area contributed by atoms with Crippen LogP contribution in [-0.2, 0) is 23.7 Å². The number of hydrogen-bond acceptors (Lipinski definition) is 7. The molecular weight excluding hydrogens is 524 g/mol. The van der Waals surface area contributed by atoms with Gasteiger partial charge in [-0.15, -0.1) is 4.31 Å². The molecule has 1 atom stereocenters. The first-order chi connectivity index (χ1) is 17.4. The molecule has 3 heterocycles. The standard InChI is InChI=1S/C22H19F6N7OS/c1-37(36)35-7-5-14(6-8-35)32-20-30-10-15(21(23,24)25)19(33-20)16-11-34(12-31-16)17-4-2-3-13(9-29)18(17)22(26,27)28/h2-4,10-12,14H,5-8H2,1H3,(H,30,32,33). The Kier molecular flexibility index (Phi) is 7.36. The van der Waals surface area contributed by atoms with Crippen molar-refractivity contribution in [1.29, 1.82) is 5.26 Å². The monoisotopic (exact) mass is 543 g/mol. The van der Waals surface area contributed by atoms with E-state index in [2.05, 4.69) is 20.3 Å². The largest absolute Gasteiger partial charge is 0.598 e. The van der Waals surface area contributed by atoms with E-state index in [1.165, 1.54) is 12.1 Å². The Morgan fingerprint density at radius 1 is 1.11 bits per heavy atom. The molecule has 2 aromatic heterocycles. The number of nitrogens with zero attached hydrogens (tertiary/aromatic N) is 6. The van der Waals surface area contributed by atoms with Gasteiger partial charge in [0.05, 0.1) is 29.2 Å². The zero-order valence-electron chi connectivity index (χ0n) is 19.1. The van der Waals surface area contributed by atoms with E-state index in [1.54, 1.807) is 10.6 Å². The lowest BCUT2D eigenvalue weighted by Crippen LogP contribution is -2.42. The zero-order valence-corrected chi connectivity index (χ0v) is 20.0. The van der Waals surface area contributed by atoms with Crippen LogP contribution in [0.15, 0.2) is 36.9 Å². The molecule has 196 valence electrons. The van der Waals surface area contributed by atoms with Crippen LogP contribution in [0.2, 0.25) is 0 Å². The van der Waals surface area contributed by atoms with E-state index in [1.807, 2.05) is 0 Å². The molecule has 37 heavy (non-hydrogen) atoms. The summed E-state index contributed by atoms with van der Waals surface area (Å²) in [6.07, 6.45) is -4.56. The normalized spacial score (nSPS) is 16.4. The van der Waals surface area contributed by atoms with Crippen molar-refractivity contribution < 1.29 is 30.9 Å². The summed E-state index contributed by atoms with van der Waals surface area (Å²) < 4.78 is 96.6. The number of benzene rings is 1. The molecule has 0 radical (unpaired) electrons. The molecule has 0 bridgehead atoms. The first-order valence-corrected chi connectivity index (χ1v) is 12.3. The fourth-order valence-electron chi connectivity index (χ4n) is 4.02. The summed E-state index contributed by atoms with van der Waals surface area (Å²) in [5, 5.41) is 12.1. The van der Waals surface area contributed by atoms with Crippen molar-refractivity contribution >= 4 is 17.3 Å². The maximum absolute atomic E-state index is 13.7. The third-order valence-corrected chi connectivity index (χ3v) is 6.89. The Balaban J connectivity index is 1.70. The number of piperidine rings is 1. The van der Waals surface area contributed by atoms with Crippen molar-refractivity contribution in [2.45, 2.75) is 31.2 Å². The molecule has 1 aliphatic heterocycles. The molecular formula is C22H19F6N7OS. The second-order valence-electron chi connectivity index (χ2n) is 8.20. The van der Waals surface area contributed by atoms with Crippen LogP contribution >= 0.6 is 0 Å². The highest BCUT2D eigenvalue weighted by Gasteiger charge is 2.38. The minimum Gasteiger partial charge on any atom is -0.598 e. The van der Waals surface area contributed by atoms with Crippen LogP contribution in [0.1, 0.15) is 29.5 Å². The molecule has 0 amide bonds. The van der Waals surface area contributed by atoms with Gasteiger partial charge in [0.2, 0.25) is 5.95 Å². The Bertz CT molecular complexity index is 1310. The molecule has 0 spiro atoms. The summed E-state index contributed by atoms with van der Waals surface area (Å²) in [7, 11) is 0. The van der Waals surface area contributed by atoms with E-state index in [4.69, 9.17) is 5.26 Å². The van der Waals surface area contributed by atoms with Gasteiger partial charge in [-0.1, -0.05) is 6.07 Å². The van der Waals surface area contributed by atoms with Gasteiger partial charge in [0, 0.05) is 42.9 Å². The fraction of sp³-hybridized carbons (Fsp3) is 0.364. The minimum absolute atomic E-state index is 0.101. The molecule has 0 saturated carbocycles. The minimum atomic E-state index is -4.89. The first kappa shape index (κ1) is 26.7. The van der Waals surface area contributed by atoms with E-state index >= 15 is 0 Å². The Hall–Kier alpha value is -3.35. The van der Waals surface area contributed by atoms with Gasteiger partial charge in [-0.25, -0.2) is 15.0 Å². The number of nitrogens with one attached hydrogen (secondary N) is 1. The third kappa shape index (κ3) is 5.81. The summed E-state index contributed by atoms with van der Waals surface area (Å²) in [6, 6.07) is 4.62. The molecule has 3 aromatic rings. The SMILES string of the molecule is C[S+]([O-])N1CCC(Nc2ncc(C(F)(F)F)c(-c3cn(-c4cccc(C#N)c4C(F)(F)F)cn3)n2)CC1. The van der Waals surface area contributed by atoms with Crippen LogP contribution in [0.3, 0.4) is 0 Å². The van der Waals surface area contributed by atoms with Crippen molar-refractivity contribution in [3.05, 3.63) is 53.6 Å². The number of nitriles is 1. The number of hydrogen-bond donors (Lipinski definition) is 1. The average molecular weight is 543 g/mol. The number of imidazole rings is 1. The highest BCUT2D eigenvalue weighted by molar-refractivity contribution is 7.88. The topological polar surface area (TPSA) is 106 Å². The highest BCUT2D eigenvalue weighted by atomic mass is 32.2. The third-order valence-electron chi connectivity index (χ3n) is 5.79. The first-order valence-electron chi connectivity index (χ1n) is 10.8. The second-order valence-corrected chi connectivity index (χ2v) is 9.56. The maximum Gasteiger partial charge on any atom is 0.420 e. The maximum atomic E-state index is 13.7. The molecule has 4 rings (SSSR count). The molecule has 15 heteroatoms. The summed E-state index contributed by atoms with van der Waals surface area (Å²) in [4.78, 5) is 11.7. The van der Waals surface area contributed by atoms with E-state index in [0.29, 0.717) is 32.1 Å². The second kappa shape index (κ2) is 10.2. The molecule has 1 aliphatic rings. The van der Waals surface area contributed by atoms with Crippen LogP contribution in [0.25, 0.3) is 17.1 Å². The van der Waals surface area contributed by atoms with E-state index in [-0.39, 0.29) is 17.7 Å². The average Bonchev–Trinajstić information content (AvgIpc) is 3.33. The van der Waals surface area contributed by atoms with Crippen LogP contribution < -0.4 is 5.32 Å². The van der Waals surface area contributed by atoms with E-state index in [0.717, 1.165) is 29.2 Å². The van der Waals surface area contributed by atoms with Crippen LogP contribution in [0, 0.1) is 11.3 Å². The number of anilines is 1. The lowest BCUT2D eigenvalue weighted by atomic mass is 10.1. The quantitative estimate of drug-likeness (QED) is 0.376. The molecule has 1 aromatic carbocycles. The van der Waals surface area contributed by atoms with Gasteiger partial charge in [-0.3, -0.25) is 0 Å². The molecule has 1 saturated heterocycles. The van der Waals surface area contributed by atoms with Gasteiger partial charge in [0.25, 0.3) is 0 Å². The Labute approximate surface area is 210 Å². The van der Waals surface area contributed by atoms with Crippen LogP contribution in [-0.4, -0.2) is 53.8 Å². The molecule has 8 nitrogen and oxygen atoms in total. The number of halogens is 6. The van der Waals surface area contributed by atoms with Gasteiger partial charge >= 0.3 is 12.4 Å². The van der Waals surface area contributed by atoms with Gasteiger partial charge in [-0.2, -0.15) is 31.6 Å². The summed E-state index contributed by atoms with van der Waals surface area (Å²) in [5.41, 5.74) is -4.48. The number of rotatable bonds is 5. The smallest absolute Gasteiger partial charge is 0.420 e. The van der Waals surface area contributed by atoms with Crippen molar-refractivity contribution in [2.24, 2.45) is 0 Å². The van der Waals surface area contributed by atoms with Crippen LogP contribution in [0.4, 0.5) is 32.3 Å². The van der Waals surface area contributed by atoms with Crippen molar-refractivity contribution in [1.82, 2.24) is 23.8 Å². The van der Waals surface area contributed by atoms with Gasteiger partial charge < -0.3 is 14.4 Å². The van der Waals surface area contributed by atoms with Crippen molar-refractivity contribution in [3.63, 3.8) is 0 Å². The lowest BCUT2D eigenvalue weighted by Gasteiger charge is -2.31. The summed E-state index contributed by atoms with van der Waals surface area (Å²) >= 11 is -1.13. The van der Waals surface area contributed by atoms with Crippen LogP contribution in [0.5, 0.6) is 0 Å². The predicted molar refractivity (Wildman–Crippen MR) is 122 cm³/mol. The molecule has 1 N–H and O–H groups in total. The fourth-order valence-corrected chi connectivity index (χ4v) is 4.74. The lowest BCUT2D eigenvalue weighted by molar-refractivity contribution is -0.138. The Morgan fingerprint density at radius 2 is 1.81 bits per heavy atom. The zero-order chi connectivity index (χ0) is 27.0. The molecule has 0 aliphatic carbocycles. The number of alkyl halides is 6. The van der Waals surface area contributed by atoms with Gasteiger partial charge in [0.1, 0.15) is 23.2 Å². The number of aromatic nitrogens is 4. The van der Waals surface area contributed by atoms with E-state index < -0.39 is 51.8 Å². The molecule has 1 fully saturated rings. The van der Waals surface area contributed by atoms with Crippen molar-refractivity contribution in [3.8, 4) is 23.1 Å². The predicted octanol–water partition coefficient (Wildman–Crippen LogP) is 4.41. The van der Waals surface area contributed by atoms with Gasteiger partial charge in [0.15, 0.2) is 0 Å². The van der Waals surface area contributed by atoms with Gasteiger partial charge in [-0.05, 0) is 25.0 Å². The summed E-state index contributed by atoms with van der Waals surface area (Å²) in [6.45, 7) is 1.03.